The Bertz CT molecular complexity index is 1120. The van der Waals surface area contributed by atoms with Gasteiger partial charge in [0.1, 0.15) is 6.61 Å². The molecular formula is C23H25N5O3S. The van der Waals surface area contributed by atoms with Crippen molar-refractivity contribution in [3.63, 3.8) is 0 Å². The van der Waals surface area contributed by atoms with Gasteiger partial charge < -0.3 is 9.64 Å². The number of carbonyl (C=O) groups is 2. The van der Waals surface area contributed by atoms with E-state index in [0.717, 1.165) is 48.6 Å². The summed E-state index contributed by atoms with van der Waals surface area (Å²) in [5.41, 5.74) is 3.62. The molecule has 0 radical (unpaired) electrons. The number of nitrogens with zero attached hydrogens (tertiary/aromatic N) is 5. The Labute approximate surface area is 190 Å². The Kier molecular flexibility index (Phi) is 6.45. The molecular weight excluding hydrogens is 426 g/mol. The van der Waals surface area contributed by atoms with Crippen molar-refractivity contribution in [1.82, 2.24) is 15.2 Å². The van der Waals surface area contributed by atoms with Crippen molar-refractivity contribution in [2.24, 2.45) is 0 Å². The van der Waals surface area contributed by atoms with Crippen LogP contribution in [0.1, 0.15) is 47.1 Å². The largest absolute Gasteiger partial charge is 0.454 e. The first-order chi connectivity index (χ1) is 15.4. The maximum atomic E-state index is 12.4. The third-order valence-electron chi connectivity index (χ3n) is 5.28. The van der Waals surface area contributed by atoms with E-state index in [1.54, 1.807) is 22.4 Å². The zero-order valence-electron chi connectivity index (χ0n) is 18.4. The first-order valence-corrected chi connectivity index (χ1v) is 11.4. The van der Waals surface area contributed by atoms with Crippen molar-refractivity contribution in [2.45, 2.75) is 40.2 Å². The Morgan fingerprint density at radius 1 is 1.12 bits per heavy atom. The van der Waals surface area contributed by atoms with Crippen LogP contribution < -0.4 is 9.80 Å². The number of esters is 1. The zero-order valence-corrected chi connectivity index (χ0v) is 19.2. The summed E-state index contributed by atoms with van der Waals surface area (Å²) in [6, 6.07) is 9.33. The number of benzene rings is 1. The van der Waals surface area contributed by atoms with E-state index in [0.29, 0.717) is 10.8 Å². The fourth-order valence-electron chi connectivity index (χ4n) is 3.69. The second-order valence-electron chi connectivity index (χ2n) is 7.81. The Morgan fingerprint density at radius 2 is 1.91 bits per heavy atom. The van der Waals surface area contributed by atoms with Crippen molar-refractivity contribution >= 4 is 39.9 Å². The van der Waals surface area contributed by atoms with Gasteiger partial charge >= 0.3 is 5.97 Å². The Balaban J connectivity index is 1.42. The molecule has 0 aliphatic carbocycles. The lowest BCUT2D eigenvalue weighted by molar-refractivity contribution is -0.115. The fraction of sp³-hybridized carbons (Fsp3) is 0.348. The molecule has 0 bridgehead atoms. The fourth-order valence-corrected chi connectivity index (χ4v) is 4.56. The molecule has 0 N–H and O–H groups in total. The third-order valence-corrected chi connectivity index (χ3v) is 6.15. The minimum Gasteiger partial charge on any atom is -0.454 e. The van der Waals surface area contributed by atoms with Crippen molar-refractivity contribution in [2.75, 3.05) is 22.9 Å². The van der Waals surface area contributed by atoms with Gasteiger partial charge in [0.15, 0.2) is 16.6 Å². The number of aromatic nitrogens is 3. The molecule has 3 heterocycles. The average Bonchev–Trinajstić information content (AvgIpc) is 3.46. The van der Waals surface area contributed by atoms with Gasteiger partial charge in [0.25, 0.3) is 0 Å². The van der Waals surface area contributed by atoms with Gasteiger partial charge in [-0.3, -0.25) is 9.69 Å². The number of ether oxygens (including phenoxy) is 1. The number of anilines is 3. The molecule has 32 heavy (non-hydrogen) atoms. The highest BCUT2D eigenvalue weighted by Crippen LogP contribution is 2.32. The lowest BCUT2D eigenvalue weighted by Crippen LogP contribution is -2.23. The molecule has 1 aliphatic rings. The van der Waals surface area contributed by atoms with Crippen LogP contribution in [0.4, 0.5) is 16.6 Å². The second-order valence-corrected chi connectivity index (χ2v) is 8.65. The van der Waals surface area contributed by atoms with Crippen LogP contribution in [-0.2, 0) is 16.1 Å². The molecule has 8 nitrogen and oxygen atoms in total. The van der Waals surface area contributed by atoms with Gasteiger partial charge in [0.05, 0.1) is 11.4 Å². The number of carbonyl (C=O) groups excluding carboxylic acids is 2. The maximum absolute atomic E-state index is 12.4. The van der Waals surface area contributed by atoms with E-state index in [4.69, 9.17) is 4.74 Å². The number of hydrogen-bond donors (Lipinski definition) is 0. The van der Waals surface area contributed by atoms with Crippen LogP contribution in [0, 0.1) is 13.8 Å². The van der Waals surface area contributed by atoms with Gasteiger partial charge in [-0.2, -0.15) is 0 Å². The zero-order chi connectivity index (χ0) is 22.7. The SMILES string of the molecule is CC(=O)N(c1nc(COC(=O)c2ccc(N3CCCC3)nn2)cs1)c1ccc(C)cc1C. The van der Waals surface area contributed by atoms with Gasteiger partial charge in [-0.1, -0.05) is 17.7 Å². The summed E-state index contributed by atoms with van der Waals surface area (Å²) in [6.45, 7) is 7.39. The highest BCUT2D eigenvalue weighted by molar-refractivity contribution is 7.14. The van der Waals surface area contributed by atoms with Gasteiger partial charge in [-0.15, -0.1) is 21.5 Å². The summed E-state index contributed by atoms with van der Waals surface area (Å²) in [5.74, 6) is 0.0833. The lowest BCUT2D eigenvalue weighted by Gasteiger charge is -2.20. The van der Waals surface area contributed by atoms with E-state index in [-0.39, 0.29) is 18.2 Å². The first kappa shape index (κ1) is 21.9. The van der Waals surface area contributed by atoms with Gasteiger partial charge in [-0.05, 0) is 50.5 Å². The topological polar surface area (TPSA) is 88.5 Å². The molecule has 0 saturated carbocycles. The van der Waals surface area contributed by atoms with Crippen LogP contribution >= 0.6 is 11.3 Å². The molecule has 9 heteroatoms. The molecule has 0 spiro atoms. The maximum Gasteiger partial charge on any atom is 0.359 e. The molecule has 1 amide bonds. The summed E-state index contributed by atoms with van der Waals surface area (Å²) < 4.78 is 5.36. The highest BCUT2D eigenvalue weighted by Gasteiger charge is 2.21. The number of hydrogen-bond acceptors (Lipinski definition) is 8. The van der Waals surface area contributed by atoms with E-state index in [9.17, 15) is 9.59 Å². The van der Waals surface area contributed by atoms with Crippen LogP contribution in [0.3, 0.4) is 0 Å². The average molecular weight is 452 g/mol. The van der Waals surface area contributed by atoms with Crippen molar-refractivity contribution < 1.29 is 14.3 Å². The van der Waals surface area contributed by atoms with E-state index < -0.39 is 5.97 Å². The molecule has 0 atom stereocenters. The van der Waals surface area contributed by atoms with Crippen LogP contribution in [0.15, 0.2) is 35.7 Å². The van der Waals surface area contributed by atoms with Gasteiger partial charge in [-0.25, -0.2) is 9.78 Å². The molecule has 4 rings (SSSR count). The third kappa shape index (κ3) is 4.77. The standard InChI is InChI=1S/C23H25N5O3S/c1-15-6-8-20(16(2)12-15)28(17(3)29)23-24-18(14-32-23)13-31-22(30)19-7-9-21(26-25-19)27-10-4-5-11-27/h6-9,12,14H,4-5,10-11,13H2,1-3H3. The van der Waals surface area contributed by atoms with Crippen molar-refractivity contribution in [1.29, 1.82) is 0 Å². The van der Waals surface area contributed by atoms with Crippen LogP contribution in [0.2, 0.25) is 0 Å². The van der Waals surface area contributed by atoms with Crippen molar-refractivity contribution in [3.05, 3.63) is 58.2 Å². The minimum absolute atomic E-state index is 0.0104. The number of amides is 1. The Hall–Kier alpha value is -3.33. The van der Waals surface area contributed by atoms with Crippen LogP contribution in [-0.4, -0.2) is 40.1 Å². The first-order valence-electron chi connectivity index (χ1n) is 10.5. The number of thiazole rings is 1. The molecule has 1 saturated heterocycles. The number of aryl methyl sites for hydroxylation is 2. The van der Waals surface area contributed by atoms with E-state index in [2.05, 4.69) is 20.1 Å². The Morgan fingerprint density at radius 3 is 2.56 bits per heavy atom. The summed E-state index contributed by atoms with van der Waals surface area (Å²) in [5, 5.41) is 10.5. The second kappa shape index (κ2) is 9.44. The highest BCUT2D eigenvalue weighted by atomic mass is 32.1. The molecule has 2 aromatic heterocycles. The summed E-state index contributed by atoms with van der Waals surface area (Å²) in [4.78, 5) is 33.0. The van der Waals surface area contributed by atoms with Gasteiger partial charge in [0, 0.05) is 25.4 Å². The molecule has 1 aliphatic heterocycles. The van der Waals surface area contributed by atoms with Gasteiger partial charge in [0.2, 0.25) is 5.91 Å². The monoisotopic (exact) mass is 451 g/mol. The molecule has 1 fully saturated rings. The van der Waals surface area contributed by atoms with Crippen molar-refractivity contribution in [3.8, 4) is 0 Å². The minimum atomic E-state index is -0.558. The molecule has 166 valence electrons. The predicted molar refractivity (Wildman–Crippen MR) is 123 cm³/mol. The summed E-state index contributed by atoms with van der Waals surface area (Å²) in [6.07, 6.45) is 2.29. The van der Waals surface area contributed by atoms with E-state index >= 15 is 0 Å². The summed E-state index contributed by atoms with van der Waals surface area (Å²) in [7, 11) is 0. The smallest absolute Gasteiger partial charge is 0.359 e. The van der Waals surface area contributed by atoms with E-state index in [1.807, 2.05) is 32.0 Å². The molecule has 1 aromatic carbocycles. The number of rotatable bonds is 6. The van der Waals surface area contributed by atoms with Crippen LogP contribution in [0.5, 0.6) is 0 Å². The van der Waals surface area contributed by atoms with E-state index in [1.165, 1.54) is 18.3 Å². The molecule has 0 unspecified atom stereocenters. The quantitative estimate of drug-likeness (QED) is 0.519. The molecule has 3 aromatic rings. The van der Waals surface area contributed by atoms with Crippen LogP contribution in [0.25, 0.3) is 0 Å². The predicted octanol–water partition coefficient (Wildman–Crippen LogP) is 4.19. The summed E-state index contributed by atoms with van der Waals surface area (Å²) >= 11 is 1.33. The normalized spacial score (nSPS) is 13.3. The lowest BCUT2D eigenvalue weighted by atomic mass is 10.1.